The van der Waals surface area contributed by atoms with Crippen LogP contribution in [0.2, 0.25) is 0 Å². The largest absolute Gasteiger partial charge is 0.454 e. The number of esters is 1. The molecule has 4 rings (SSSR count). The maximum absolute atomic E-state index is 15.0. The number of benzene rings is 2. The molecule has 4 atom stereocenters. The first-order valence-electron chi connectivity index (χ1n) is 10.1. The third-order valence-corrected chi connectivity index (χ3v) is 7.32. The number of alkyl halides is 1. The molecule has 0 heterocycles. The number of sulfone groups is 1. The van der Waals surface area contributed by atoms with Gasteiger partial charge in [0.1, 0.15) is 12.0 Å². The highest BCUT2D eigenvalue weighted by molar-refractivity contribution is 7.90. The summed E-state index contributed by atoms with van der Waals surface area (Å²) in [6.45, 7) is 1.13. The van der Waals surface area contributed by atoms with Crippen molar-refractivity contribution in [3.05, 3.63) is 63.5 Å². The third kappa shape index (κ3) is 3.67. The zero-order valence-corrected chi connectivity index (χ0v) is 18.2. The van der Waals surface area contributed by atoms with Crippen LogP contribution in [0.1, 0.15) is 71.3 Å². The van der Waals surface area contributed by atoms with E-state index in [1.807, 2.05) is 6.07 Å². The van der Waals surface area contributed by atoms with Crippen LogP contribution in [-0.4, -0.2) is 31.9 Å². The number of carbonyl (C=O) groups is 1. The summed E-state index contributed by atoms with van der Waals surface area (Å²) in [4.78, 5) is 11.5. The lowest BCUT2D eigenvalue weighted by Gasteiger charge is -2.31. The molecular formula is C23H21F2NO5S. The standard InChI is InChI=1S/C23H21F2NO5S/c1-11(27)31-23-18(25)9-16-14(4-6-20(22(16)23)32(2,29)30)15-3-5-19(28)17-8-13(24)7-12(10-26)21(15)17/h4,6-8,15,18-19,23,28H,3,5,9H2,1-2H3/t15-,18-,19-,23-/m1/s1. The summed E-state index contributed by atoms with van der Waals surface area (Å²) < 4.78 is 59.0. The summed E-state index contributed by atoms with van der Waals surface area (Å²) in [5, 5.41) is 20.0. The second-order valence-corrected chi connectivity index (χ2v) is 10.3. The molecular weight excluding hydrogens is 440 g/mol. The van der Waals surface area contributed by atoms with E-state index in [2.05, 4.69) is 0 Å². The summed E-state index contributed by atoms with van der Waals surface area (Å²) in [7, 11) is -3.76. The molecule has 0 saturated heterocycles. The molecule has 0 amide bonds. The van der Waals surface area contributed by atoms with Gasteiger partial charge in [0, 0.05) is 31.1 Å². The Hall–Kier alpha value is -2.83. The number of fused-ring (bicyclic) bond motifs is 2. The summed E-state index contributed by atoms with van der Waals surface area (Å²) in [5.41, 5.74) is 1.92. The zero-order chi connectivity index (χ0) is 23.4. The number of aliphatic hydroxyl groups excluding tert-OH is 1. The number of ether oxygens (including phenoxy) is 1. The van der Waals surface area contributed by atoms with E-state index in [4.69, 9.17) is 4.74 Å². The summed E-state index contributed by atoms with van der Waals surface area (Å²) in [5.74, 6) is -1.85. The Morgan fingerprint density at radius 1 is 1.22 bits per heavy atom. The van der Waals surface area contributed by atoms with Crippen molar-refractivity contribution in [2.24, 2.45) is 0 Å². The molecule has 2 aliphatic rings. The number of nitrogens with zero attached hydrogens (tertiary/aromatic N) is 1. The topological polar surface area (TPSA) is 104 Å². The van der Waals surface area contributed by atoms with Gasteiger partial charge >= 0.3 is 5.97 Å². The highest BCUT2D eigenvalue weighted by Crippen LogP contribution is 2.49. The summed E-state index contributed by atoms with van der Waals surface area (Å²) >= 11 is 0. The highest BCUT2D eigenvalue weighted by atomic mass is 32.2. The lowest BCUT2D eigenvalue weighted by atomic mass is 9.74. The molecule has 168 valence electrons. The first kappa shape index (κ1) is 22.4. The third-order valence-electron chi connectivity index (χ3n) is 6.17. The van der Waals surface area contributed by atoms with Gasteiger partial charge in [-0.25, -0.2) is 17.2 Å². The van der Waals surface area contributed by atoms with Gasteiger partial charge in [0.25, 0.3) is 0 Å². The molecule has 0 aliphatic heterocycles. The fourth-order valence-electron chi connectivity index (χ4n) is 4.98. The fourth-order valence-corrected chi connectivity index (χ4v) is 5.93. The van der Waals surface area contributed by atoms with Gasteiger partial charge in [-0.05, 0) is 53.3 Å². The number of carbonyl (C=O) groups excluding carboxylic acids is 1. The second kappa shape index (κ2) is 7.94. The van der Waals surface area contributed by atoms with Crippen LogP contribution < -0.4 is 0 Å². The highest BCUT2D eigenvalue weighted by Gasteiger charge is 2.42. The molecule has 0 saturated carbocycles. The monoisotopic (exact) mass is 461 g/mol. The molecule has 6 nitrogen and oxygen atoms in total. The van der Waals surface area contributed by atoms with Crippen molar-refractivity contribution in [1.29, 1.82) is 5.26 Å². The van der Waals surface area contributed by atoms with E-state index in [0.29, 0.717) is 35.1 Å². The van der Waals surface area contributed by atoms with E-state index in [-0.39, 0.29) is 22.4 Å². The van der Waals surface area contributed by atoms with E-state index in [0.717, 1.165) is 19.2 Å². The number of halogens is 2. The van der Waals surface area contributed by atoms with Crippen molar-refractivity contribution in [2.75, 3.05) is 6.26 Å². The van der Waals surface area contributed by atoms with Crippen LogP contribution >= 0.6 is 0 Å². The van der Waals surface area contributed by atoms with Gasteiger partial charge in [-0.2, -0.15) is 5.26 Å². The smallest absolute Gasteiger partial charge is 0.303 e. The number of hydrogen-bond donors (Lipinski definition) is 1. The van der Waals surface area contributed by atoms with Crippen molar-refractivity contribution in [3.63, 3.8) is 0 Å². The van der Waals surface area contributed by atoms with Crippen LogP contribution in [0.25, 0.3) is 0 Å². The number of nitriles is 1. The molecule has 2 aromatic rings. The van der Waals surface area contributed by atoms with Crippen LogP contribution in [0.15, 0.2) is 29.2 Å². The number of aliphatic hydroxyl groups is 1. The zero-order valence-electron chi connectivity index (χ0n) is 17.4. The minimum absolute atomic E-state index is 0.0658. The van der Waals surface area contributed by atoms with Gasteiger partial charge in [-0.3, -0.25) is 4.79 Å². The Morgan fingerprint density at radius 2 is 1.94 bits per heavy atom. The average Bonchev–Trinajstić information content (AvgIpc) is 3.02. The first-order valence-corrected chi connectivity index (χ1v) is 12.0. The summed E-state index contributed by atoms with van der Waals surface area (Å²) in [6, 6.07) is 7.19. The SMILES string of the molecule is CC(=O)O[C@H]1c2c(S(C)(=O)=O)ccc([C@H]3CC[C@@H](O)c4cc(F)cc(C#N)c43)c2C[C@H]1F. The molecule has 2 aliphatic carbocycles. The van der Waals surface area contributed by atoms with Gasteiger partial charge in [0.2, 0.25) is 0 Å². The van der Waals surface area contributed by atoms with Gasteiger partial charge < -0.3 is 9.84 Å². The molecule has 0 radical (unpaired) electrons. The molecule has 0 aromatic heterocycles. The molecule has 0 bridgehead atoms. The minimum atomic E-state index is -3.76. The minimum Gasteiger partial charge on any atom is -0.454 e. The fraction of sp³-hybridized carbons (Fsp3) is 0.391. The molecule has 9 heteroatoms. The molecule has 2 aromatic carbocycles. The number of rotatable bonds is 3. The predicted molar refractivity (Wildman–Crippen MR) is 110 cm³/mol. The molecule has 0 unspecified atom stereocenters. The maximum Gasteiger partial charge on any atom is 0.303 e. The Bertz CT molecular complexity index is 1270. The Balaban J connectivity index is 1.97. The number of hydrogen-bond acceptors (Lipinski definition) is 6. The lowest BCUT2D eigenvalue weighted by molar-refractivity contribution is -0.149. The molecule has 0 spiro atoms. The van der Waals surface area contributed by atoms with Crippen molar-refractivity contribution >= 4 is 15.8 Å². The van der Waals surface area contributed by atoms with Crippen molar-refractivity contribution in [2.45, 2.75) is 55.4 Å². The van der Waals surface area contributed by atoms with Crippen molar-refractivity contribution < 1.29 is 31.8 Å². The van der Waals surface area contributed by atoms with E-state index >= 15 is 0 Å². The van der Waals surface area contributed by atoms with Crippen LogP contribution in [0.4, 0.5) is 8.78 Å². The van der Waals surface area contributed by atoms with Gasteiger partial charge in [-0.1, -0.05) is 6.07 Å². The van der Waals surface area contributed by atoms with E-state index in [1.54, 1.807) is 6.07 Å². The average molecular weight is 461 g/mol. The normalized spacial score (nSPS) is 24.4. The lowest BCUT2D eigenvalue weighted by Crippen LogP contribution is -2.19. The van der Waals surface area contributed by atoms with Crippen LogP contribution in [0.5, 0.6) is 0 Å². The van der Waals surface area contributed by atoms with E-state index in [1.165, 1.54) is 12.1 Å². The molecule has 0 fully saturated rings. The van der Waals surface area contributed by atoms with Gasteiger partial charge in [0.05, 0.1) is 22.6 Å². The van der Waals surface area contributed by atoms with Crippen LogP contribution in [0.3, 0.4) is 0 Å². The van der Waals surface area contributed by atoms with Gasteiger partial charge in [-0.15, -0.1) is 0 Å². The Kier molecular flexibility index (Phi) is 5.55. The Labute approximate surface area is 184 Å². The van der Waals surface area contributed by atoms with Crippen molar-refractivity contribution in [1.82, 2.24) is 0 Å². The predicted octanol–water partition coefficient (Wildman–Crippen LogP) is 3.56. The second-order valence-electron chi connectivity index (χ2n) is 8.28. The summed E-state index contributed by atoms with van der Waals surface area (Å²) in [6.07, 6.45) is -2.41. The molecule has 1 N–H and O–H groups in total. The van der Waals surface area contributed by atoms with Crippen LogP contribution in [-0.2, 0) is 25.8 Å². The molecule has 32 heavy (non-hydrogen) atoms. The maximum atomic E-state index is 15.0. The van der Waals surface area contributed by atoms with E-state index in [9.17, 15) is 32.4 Å². The quantitative estimate of drug-likeness (QED) is 0.701. The van der Waals surface area contributed by atoms with Crippen molar-refractivity contribution in [3.8, 4) is 6.07 Å². The Morgan fingerprint density at radius 3 is 2.56 bits per heavy atom. The van der Waals surface area contributed by atoms with Gasteiger partial charge in [0.15, 0.2) is 15.9 Å². The first-order chi connectivity index (χ1) is 15.0. The van der Waals surface area contributed by atoms with E-state index < -0.39 is 45.9 Å². The van der Waals surface area contributed by atoms with Crippen LogP contribution in [0, 0.1) is 17.1 Å².